The third-order valence-corrected chi connectivity index (χ3v) is 4.09. The lowest BCUT2D eigenvalue weighted by molar-refractivity contribution is -0.120. The van der Waals surface area contributed by atoms with Crippen LogP contribution in [0.15, 0.2) is 28.8 Å². The Balaban J connectivity index is 2.04. The number of nitriles is 1. The molecule has 0 bridgehead atoms. The molecule has 20 heavy (non-hydrogen) atoms. The van der Waals surface area contributed by atoms with Gasteiger partial charge in [-0.25, -0.2) is 0 Å². The number of amides is 1. The molecule has 3 rings (SSSR count). The maximum Gasteiger partial charge on any atom is 0.231 e. The van der Waals surface area contributed by atoms with Gasteiger partial charge in [-0.15, -0.1) is 11.8 Å². The molecule has 1 atom stereocenters. The van der Waals surface area contributed by atoms with Gasteiger partial charge in [0.25, 0.3) is 0 Å². The largest absolute Gasteiger partial charge is 0.454 e. The number of thioether (sulfide) groups is 1. The zero-order chi connectivity index (χ0) is 14.1. The van der Waals surface area contributed by atoms with E-state index in [-0.39, 0.29) is 25.0 Å². The molecule has 2 heterocycles. The molecule has 102 valence electrons. The summed E-state index contributed by atoms with van der Waals surface area (Å²) in [5.41, 5.74) is 1.49. The molecular formula is C14H12N2O3S. The summed E-state index contributed by atoms with van der Waals surface area (Å²) in [4.78, 5) is 11.8. The normalized spacial score (nSPS) is 20.6. The lowest BCUT2D eigenvalue weighted by Crippen LogP contribution is -2.30. The van der Waals surface area contributed by atoms with Crippen molar-refractivity contribution in [3.63, 3.8) is 0 Å². The highest BCUT2D eigenvalue weighted by Crippen LogP contribution is 2.40. The van der Waals surface area contributed by atoms with E-state index in [4.69, 9.17) is 9.47 Å². The van der Waals surface area contributed by atoms with Crippen LogP contribution in [0.3, 0.4) is 0 Å². The average Bonchev–Trinajstić information content (AvgIpc) is 2.93. The van der Waals surface area contributed by atoms with E-state index >= 15 is 0 Å². The minimum Gasteiger partial charge on any atom is -0.454 e. The molecule has 0 unspecified atom stereocenters. The van der Waals surface area contributed by atoms with Crippen molar-refractivity contribution in [2.24, 2.45) is 0 Å². The Morgan fingerprint density at radius 1 is 1.40 bits per heavy atom. The molecule has 2 aliphatic heterocycles. The molecule has 0 aliphatic carbocycles. The first kappa shape index (κ1) is 12.9. The maximum absolute atomic E-state index is 11.8. The van der Waals surface area contributed by atoms with Gasteiger partial charge in [0.05, 0.1) is 16.7 Å². The molecule has 5 nitrogen and oxygen atoms in total. The van der Waals surface area contributed by atoms with Crippen LogP contribution >= 0.6 is 11.8 Å². The van der Waals surface area contributed by atoms with Gasteiger partial charge in [-0.1, -0.05) is 6.07 Å². The first-order chi connectivity index (χ1) is 9.72. The Labute approximate surface area is 120 Å². The lowest BCUT2D eigenvalue weighted by Gasteiger charge is -2.24. The number of carbonyl (C=O) groups excluding carboxylic acids is 1. The van der Waals surface area contributed by atoms with Crippen LogP contribution in [0.4, 0.5) is 0 Å². The quantitative estimate of drug-likeness (QED) is 0.902. The van der Waals surface area contributed by atoms with Crippen LogP contribution in [-0.4, -0.2) is 19.0 Å². The summed E-state index contributed by atoms with van der Waals surface area (Å²) in [5.74, 6) is 1.06. The van der Waals surface area contributed by atoms with Gasteiger partial charge in [0.2, 0.25) is 12.7 Å². The molecule has 2 aliphatic rings. The summed E-state index contributed by atoms with van der Waals surface area (Å²) < 4.78 is 10.6. The van der Waals surface area contributed by atoms with Crippen molar-refractivity contribution in [3.05, 3.63) is 34.4 Å². The minimum atomic E-state index is -0.231. The Bertz CT molecular complexity index is 648. The van der Waals surface area contributed by atoms with Crippen LogP contribution in [0.1, 0.15) is 17.9 Å². The number of nitrogens with one attached hydrogen (secondary N) is 1. The molecule has 1 amide bonds. The maximum atomic E-state index is 11.8. The van der Waals surface area contributed by atoms with Crippen molar-refractivity contribution < 1.29 is 14.3 Å². The lowest BCUT2D eigenvalue weighted by atomic mass is 9.87. The van der Waals surface area contributed by atoms with Crippen LogP contribution < -0.4 is 14.8 Å². The van der Waals surface area contributed by atoms with Gasteiger partial charge in [-0.3, -0.25) is 4.79 Å². The molecule has 1 aromatic carbocycles. The molecular weight excluding hydrogens is 276 g/mol. The molecule has 1 aromatic rings. The highest BCUT2D eigenvalue weighted by molar-refractivity contribution is 8.02. The number of ether oxygens (including phenoxy) is 2. The van der Waals surface area contributed by atoms with Crippen LogP contribution in [0.25, 0.3) is 0 Å². The van der Waals surface area contributed by atoms with Crippen LogP contribution in [-0.2, 0) is 4.79 Å². The molecule has 0 saturated carbocycles. The van der Waals surface area contributed by atoms with Crippen molar-refractivity contribution in [3.8, 4) is 17.6 Å². The summed E-state index contributed by atoms with van der Waals surface area (Å²) in [5, 5.41) is 12.8. The number of allylic oxidation sites excluding steroid dienone is 1. The van der Waals surface area contributed by atoms with Crippen LogP contribution in [0, 0.1) is 11.3 Å². The predicted molar refractivity (Wildman–Crippen MR) is 74.2 cm³/mol. The predicted octanol–water partition coefficient (Wildman–Crippen LogP) is 2.12. The van der Waals surface area contributed by atoms with E-state index in [9.17, 15) is 10.1 Å². The van der Waals surface area contributed by atoms with E-state index in [0.717, 1.165) is 5.56 Å². The van der Waals surface area contributed by atoms with Gasteiger partial charge in [0.15, 0.2) is 11.5 Å². The minimum absolute atomic E-state index is 0.0731. The van der Waals surface area contributed by atoms with Crippen molar-refractivity contribution in [1.82, 2.24) is 5.32 Å². The monoisotopic (exact) mass is 288 g/mol. The second-order valence-corrected chi connectivity index (χ2v) is 5.29. The number of nitrogens with zero attached hydrogens (tertiary/aromatic N) is 1. The molecule has 0 saturated heterocycles. The number of rotatable bonds is 2. The van der Waals surface area contributed by atoms with Gasteiger partial charge in [0, 0.05) is 12.3 Å². The van der Waals surface area contributed by atoms with Crippen molar-refractivity contribution in [2.75, 3.05) is 13.0 Å². The van der Waals surface area contributed by atoms with Gasteiger partial charge in [-0.2, -0.15) is 5.26 Å². The van der Waals surface area contributed by atoms with Gasteiger partial charge in [-0.05, 0) is 24.0 Å². The highest BCUT2D eigenvalue weighted by Gasteiger charge is 2.30. The number of fused-ring (bicyclic) bond motifs is 1. The van der Waals surface area contributed by atoms with E-state index in [1.54, 1.807) is 0 Å². The second kappa shape index (κ2) is 5.10. The molecule has 0 aromatic heterocycles. The van der Waals surface area contributed by atoms with Crippen molar-refractivity contribution in [2.45, 2.75) is 12.3 Å². The van der Waals surface area contributed by atoms with E-state index in [0.29, 0.717) is 22.1 Å². The second-order valence-electron chi connectivity index (χ2n) is 4.48. The zero-order valence-electron chi connectivity index (χ0n) is 10.8. The van der Waals surface area contributed by atoms with Crippen LogP contribution in [0.5, 0.6) is 11.5 Å². The smallest absolute Gasteiger partial charge is 0.231 e. The Morgan fingerprint density at radius 3 is 2.95 bits per heavy atom. The van der Waals surface area contributed by atoms with E-state index in [1.165, 1.54) is 11.8 Å². The summed E-state index contributed by atoms with van der Waals surface area (Å²) >= 11 is 1.38. The number of benzene rings is 1. The molecule has 1 N–H and O–H groups in total. The molecule has 6 heteroatoms. The topological polar surface area (TPSA) is 71.3 Å². The van der Waals surface area contributed by atoms with Gasteiger partial charge in [0.1, 0.15) is 0 Å². The van der Waals surface area contributed by atoms with Crippen LogP contribution in [0.2, 0.25) is 0 Å². The van der Waals surface area contributed by atoms with Gasteiger partial charge < -0.3 is 14.8 Å². The first-order valence-electron chi connectivity index (χ1n) is 6.10. The zero-order valence-corrected chi connectivity index (χ0v) is 11.6. The molecule has 0 spiro atoms. The fourth-order valence-corrected chi connectivity index (χ4v) is 3.02. The fraction of sp³-hybridized carbons (Fsp3) is 0.286. The highest BCUT2D eigenvalue weighted by atomic mass is 32.2. The number of hydrogen-bond acceptors (Lipinski definition) is 5. The average molecular weight is 288 g/mol. The molecule has 0 fully saturated rings. The summed E-state index contributed by atoms with van der Waals surface area (Å²) in [7, 11) is 0. The first-order valence-corrected chi connectivity index (χ1v) is 7.33. The number of hydrogen-bond donors (Lipinski definition) is 1. The van der Waals surface area contributed by atoms with Crippen molar-refractivity contribution in [1.29, 1.82) is 5.26 Å². The summed E-state index contributed by atoms with van der Waals surface area (Å²) in [6, 6.07) is 7.76. The summed E-state index contributed by atoms with van der Waals surface area (Å²) in [6.07, 6.45) is 2.11. The SMILES string of the molecule is CSC1=C(C#N)[C@@H](c2ccc3c(c2)OCO3)CC(=O)N1. The summed E-state index contributed by atoms with van der Waals surface area (Å²) in [6.45, 7) is 0.209. The number of carbonyl (C=O) groups is 1. The van der Waals surface area contributed by atoms with Gasteiger partial charge >= 0.3 is 0 Å². The molecule has 0 radical (unpaired) electrons. The van der Waals surface area contributed by atoms with E-state index in [1.807, 2.05) is 24.5 Å². The van der Waals surface area contributed by atoms with E-state index < -0.39 is 0 Å². The Morgan fingerprint density at radius 2 is 2.20 bits per heavy atom. The standard InChI is InChI=1S/C14H12N2O3S/c1-20-14-10(6-15)9(5-13(17)16-14)8-2-3-11-12(4-8)19-7-18-11/h2-4,9H,5,7H2,1H3,(H,16,17)/t9-/m1/s1. The fourth-order valence-electron chi connectivity index (χ4n) is 2.39. The Hall–Kier alpha value is -2.13. The third kappa shape index (κ3) is 2.10. The van der Waals surface area contributed by atoms with E-state index in [2.05, 4.69) is 11.4 Å². The van der Waals surface area contributed by atoms with Crippen molar-refractivity contribution >= 4 is 17.7 Å². The third-order valence-electron chi connectivity index (χ3n) is 3.36. The Kier molecular flexibility index (Phi) is 3.28.